The minimum Gasteiger partial charge on any atom is -0.325 e. The van der Waals surface area contributed by atoms with Crippen LogP contribution in [0.4, 0.5) is 15.8 Å². The molecule has 2 amide bonds. The van der Waals surface area contributed by atoms with Crippen LogP contribution in [0.15, 0.2) is 48.5 Å². The molecular weight excluding hydrogens is 323 g/mol. The minimum atomic E-state index is -1.40. The molecule has 0 heterocycles. The Bertz CT molecular complexity index is 831. The number of nitrogens with one attached hydrogen (secondary N) is 2. The minimum absolute atomic E-state index is 0.126. The summed E-state index contributed by atoms with van der Waals surface area (Å²) in [5, 5.41) is 5.15. The van der Waals surface area contributed by atoms with Crippen LogP contribution >= 0.6 is 0 Å². The van der Waals surface area contributed by atoms with Gasteiger partial charge in [-0.1, -0.05) is 18.2 Å². The van der Waals surface area contributed by atoms with E-state index in [0.29, 0.717) is 11.3 Å². The lowest BCUT2D eigenvalue weighted by Crippen LogP contribution is -2.41. The Morgan fingerprint density at radius 3 is 1.92 bits per heavy atom. The lowest BCUT2D eigenvalue weighted by Gasteiger charge is -2.23. The quantitative estimate of drug-likeness (QED) is 0.643. The van der Waals surface area contributed by atoms with Crippen molar-refractivity contribution in [2.24, 2.45) is 5.41 Å². The van der Waals surface area contributed by atoms with Gasteiger partial charge < -0.3 is 10.6 Å². The van der Waals surface area contributed by atoms with Crippen LogP contribution in [0.1, 0.15) is 31.1 Å². The zero-order valence-electron chi connectivity index (χ0n) is 14.2. The van der Waals surface area contributed by atoms with Crippen molar-refractivity contribution in [3.8, 4) is 0 Å². The van der Waals surface area contributed by atoms with Crippen molar-refractivity contribution in [2.45, 2.75) is 20.8 Å². The van der Waals surface area contributed by atoms with Crippen LogP contribution in [0.5, 0.6) is 0 Å². The fourth-order valence-electron chi connectivity index (χ4n) is 2.06. The van der Waals surface area contributed by atoms with Crippen LogP contribution in [0.2, 0.25) is 0 Å². The largest absolute Gasteiger partial charge is 0.325 e. The van der Waals surface area contributed by atoms with E-state index in [9.17, 15) is 18.8 Å². The van der Waals surface area contributed by atoms with Gasteiger partial charge in [0.15, 0.2) is 5.78 Å². The second-order valence-corrected chi connectivity index (χ2v) is 6.18. The maximum Gasteiger partial charge on any atom is 0.239 e. The van der Waals surface area contributed by atoms with Crippen LogP contribution in [-0.2, 0) is 9.59 Å². The van der Waals surface area contributed by atoms with Gasteiger partial charge in [-0.2, -0.15) is 0 Å². The van der Waals surface area contributed by atoms with E-state index in [4.69, 9.17) is 0 Å². The Balaban J connectivity index is 2.12. The van der Waals surface area contributed by atoms with E-state index in [2.05, 4.69) is 10.6 Å². The van der Waals surface area contributed by atoms with Gasteiger partial charge in [-0.3, -0.25) is 14.4 Å². The molecule has 0 saturated carbocycles. The number of Topliss-reactive ketones (excluding diaryl/α,β-unsaturated/α-hetero) is 1. The fourth-order valence-corrected chi connectivity index (χ4v) is 2.06. The molecule has 0 bridgehead atoms. The van der Waals surface area contributed by atoms with Gasteiger partial charge in [0.1, 0.15) is 11.2 Å². The molecule has 2 rings (SSSR count). The number of hydrogen-bond donors (Lipinski definition) is 2. The molecule has 0 fully saturated rings. The highest BCUT2D eigenvalue weighted by atomic mass is 19.1. The Labute approximate surface area is 145 Å². The summed E-state index contributed by atoms with van der Waals surface area (Å²) in [6.45, 7) is 4.36. The van der Waals surface area contributed by atoms with Gasteiger partial charge in [-0.25, -0.2) is 4.39 Å². The second kappa shape index (κ2) is 7.25. The first-order valence-electron chi connectivity index (χ1n) is 7.69. The van der Waals surface area contributed by atoms with Crippen LogP contribution < -0.4 is 10.6 Å². The van der Waals surface area contributed by atoms with Gasteiger partial charge in [0.25, 0.3) is 0 Å². The molecule has 2 aromatic rings. The monoisotopic (exact) mass is 342 g/mol. The van der Waals surface area contributed by atoms with Crippen molar-refractivity contribution in [1.29, 1.82) is 0 Å². The number of hydrogen-bond acceptors (Lipinski definition) is 3. The van der Waals surface area contributed by atoms with E-state index >= 15 is 0 Å². The molecule has 0 atom stereocenters. The molecule has 6 heteroatoms. The third kappa shape index (κ3) is 4.50. The zero-order chi connectivity index (χ0) is 18.6. The number of benzene rings is 2. The maximum absolute atomic E-state index is 13.2. The molecule has 0 aromatic heterocycles. The van der Waals surface area contributed by atoms with E-state index in [1.54, 1.807) is 24.3 Å². The van der Waals surface area contributed by atoms with Gasteiger partial charge in [0.2, 0.25) is 11.8 Å². The number of amides is 2. The Morgan fingerprint density at radius 1 is 0.880 bits per heavy atom. The predicted molar refractivity (Wildman–Crippen MR) is 93.9 cm³/mol. The molecular formula is C19H19FN2O3. The highest BCUT2D eigenvalue weighted by Gasteiger charge is 2.36. The number of carbonyl (C=O) groups excluding carboxylic acids is 3. The van der Waals surface area contributed by atoms with Crippen molar-refractivity contribution in [1.82, 2.24) is 0 Å². The molecule has 0 saturated heterocycles. The third-order valence-electron chi connectivity index (χ3n) is 3.74. The Kier molecular flexibility index (Phi) is 5.32. The molecule has 0 unspecified atom stereocenters. The molecule has 25 heavy (non-hydrogen) atoms. The highest BCUT2D eigenvalue weighted by Crippen LogP contribution is 2.22. The normalized spacial score (nSPS) is 10.9. The smallest absolute Gasteiger partial charge is 0.239 e. The second-order valence-electron chi connectivity index (χ2n) is 6.18. The van der Waals surface area contributed by atoms with Crippen molar-refractivity contribution >= 4 is 29.0 Å². The number of ketones is 1. The van der Waals surface area contributed by atoms with Crippen molar-refractivity contribution in [3.05, 3.63) is 59.9 Å². The van der Waals surface area contributed by atoms with Crippen LogP contribution in [0.25, 0.3) is 0 Å². The Hall–Kier alpha value is -3.02. The number of rotatable bonds is 5. The van der Waals surface area contributed by atoms with E-state index in [1.165, 1.54) is 45.0 Å². The molecule has 0 spiro atoms. The summed E-state index contributed by atoms with van der Waals surface area (Å²) in [5.41, 5.74) is -0.257. The highest BCUT2D eigenvalue weighted by molar-refractivity contribution is 6.14. The third-order valence-corrected chi connectivity index (χ3v) is 3.74. The van der Waals surface area contributed by atoms with Crippen molar-refractivity contribution < 1.29 is 18.8 Å². The van der Waals surface area contributed by atoms with Crippen molar-refractivity contribution in [2.75, 3.05) is 10.6 Å². The zero-order valence-corrected chi connectivity index (χ0v) is 14.2. The van der Waals surface area contributed by atoms with Crippen molar-refractivity contribution in [3.63, 3.8) is 0 Å². The first-order chi connectivity index (χ1) is 11.7. The summed E-state index contributed by atoms with van der Waals surface area (Å²) in [6, 6.07) is 11.9. The number of halogens is 1. The maximum atomic E-state index is 13.2. The molecule has 5 nitrogen and oxygen atoms in total. The van der Waals surface area contributed by atoms with Crippen LogP contribution in [0.3, 0.4) is 0 Å². The number of carbonyl (C=O) groups is 3. The summed E-state index contributed by atoms with van der Waals surface area (Å²) in [5.74, 6) is -1.72. The molecule has 0 aliphatic carbocycles. The topological polar surface area (TPSA) is 75.3 Å². The fraction of sp³-hybridized carbons (Fsp3) is 0.211. The average molecular weight is 342 g/mol. The number of anilines is 2. The first-order valence-corrected chi connectivity index (χ1v) is 7.69. The average Bonchev–Trinajstić information content (AvgIpc) is 2.55. The van der Waals surface area contributed by atoms with Gasteiger partial charge in [0.05, 0.1) is 0 Å². The lowest BCUT2D eigenvalue weighted by atomic mass is 9.90. The van der Waals surface area contributed by atoms with Gasteiger partial charge in [-0.15, -0.1) is 0 Å². The molecule has 2 N–H and O–H groups in total. The molecule has 0 radical (unpaired) electrons. The van der Waals surface area contributed by atoms with Crippen LogP contribution in [-0.4, -0.2) is 17.6 Å². The van der Waals surface area contributed by atoms with Gasteiger partial charge in [0, 0.05) is 16.9 Å². The summed E-state index contributed by atoms with van der Waals surface area (Å²) < 4.78 is 13.2. The SMILES string of the molecule is CC(=O)c1cccc(NC(=O)C(C)(C)C(=O)Nc2cccc(F)c2)c1. The first kappa shape index (κ1) is 18.3. The molecule has 0 aliphatic heterocycles. The van der Waals surface area contributed by atoms with Gasteiger partial charge in [-0.05, 0) is 51.1 Å². The summed E-state index contributed by atoms with van der Waals surface area (Å²) >= 11 is 0. The van der Waals surface area contributed by atoms with E-state index in [-0.39, 0.29) is 11.5 Å². The summed E-state index contributed by atoms with van der Waals surface area (Å²) in [4.78, 5) is 36.3. The Morgan fingerprint density at radius 2 is 1.40 bits per heavy atom. The van der Waals surface area contributed by atoms with E-state index < -0.39 is 23.0 Å². The molecule has 2 aromatic carbocycles. The predicted octanol–water partition coefficient (Wildman–Crippen LogP) is 3.63. The molecule has 130 valence electrons. The van der Waals surface area contributed by atoms with E-state index in [1.807, 2.05) is 0 Å². The summed E-state index contributed by atoms with van der Waals surface area (Å²) in [7, 11) is 0. The van der Waals surface area contributed by atoms with Crippen LogP contribution in [0, 0.1) is 11.2 Å². The molecule has 0 aliphatic rings. The standard InChI is InChI=1S/C19H19FN2O3/c1-12(23)13-6-4-8-15(10-13)21-17(24)19(2,3)18(25)22-16-9-5-7-14(20)11-16/h4-11H,1-3H3,(H,21,24)(H,22,25). The van der Waals surface area contributed by atoms with E-state index in [0.717, 1.165) is 0 Å². The summed E-state index contributed by atoms with van der Waals surface area (Å²) in [6.07, 6.45) is 0. The van der Waals surface area contributed by atoms with Gasteiger partial charge >= 0.3 is 0 Å². The lowest BCUT2D eigenvalue weighted by molar-refractivity contribution is -0.135.